The molecule has 0 fully saturated rings. The predicted molar refractivity (Wildman–Crippen MR) is 52.7 cm³/mol. The van der Waals surface area contributed by atoms with Gasteiger partial charge in [0.1, 0.15) is 0 Å². The fourth-order valence-electron chi connectivity index (χ4n) is 1.48. The minimum Gasteiger partial charge on any atom is -0.385 e. The Labute approximate surface area is 91.9 Å². The van der Waals surface area contributed by atoms with E-state index in [1.54, 1.807) is 13.2 Å². The van der Waals surface area contributed by atoms with E-state index in [1.165, 1.54) is 17.8 Å². The molecule has 1 atom stereocenters. The van der Waals surface area contributed by atoms with Crippen LogP contribution in [0.2, 0.25) is 0 Å². The standard InChI is InChI=1S/C10H15F3N2O/c1-9(16,4-3-5-10(11,12)13)8-6-14-15(2)7-8/h6-7,16H,3-5H2,1-2H3. The third kappa shape index (κ3) is 3.84. The van der Waals surface area contributed by atoms with Gasteiger partial charge in [0.25, 0.3) is 0 Å². The van der Waals surface area contributed by atoms with Gasteiger partial charge in [0.05, 0.1) is 11.8 Å². The third-order valence-electron chi connectivity index (χ3n) is 2.45. The second-order valence-electron chi connectivity index (χ2n) is 4.15. The lowest BCUT2D eigenvalue weighted by atomic mass is 9.93. The molecule has 16 heavy (non-hydrogen) atoms. The molecular weight excluding hydrogens is 221 g/mol. The van der Waals surface area contributed by atoms with Crippen molar-refractivity contribution in [2.24, 2.45) is 7.05 Å². The number of aliphatic hydroxyl groups is 1. The van der Waals surface area contributed by atoms with Crippen LogP contribution in [0.4, 0.5) is 13.2 Å². The van der Waals surface area contributed by atoms with Crippen molar-refractivity contribution in [2.75, 3.05) is 0 Å². The van der Waals surface area contributed by atoms with Crippen molar-refractivity contribution in [3.8, 4) is 0 Å². The quantitative estimate of drug-likeness (QED) is 0.871. The van der Waals surface area contributed by atoms with Gasteiger partial charge in [-0.15, -0.1) is 0 Å². The first kappa shape index (κ1) is 13.0. The van der Waals surface area contributed by atoms with Crippen LogP contribution >= 0.6 is 0 Å². The van der Waals surface area contributed by atoms with Gasteiger partial charge in [-0.25, -0.2) is 0 Å². The number of aryl methyl sites for hydroxylation is 1. The number of alkyl halides is 3. The third-order valence-corrected chi connectivity index (χ3v) is 2.45. The maximum absolute atomic E-state index is 11.9. The van der Waals surface area contributed by atoms with Crippen molar-refractivity contribution in [1.82, 2.24) is 9.78 Å². The van der Waals surface area contributed by atoms with Crippen LogP contribution in [0.25, 0.3) is 0 Å². The molecule has 6 heteroatoms. The van der Waals surface area contributed by atoms with Crippen LogP contribution < -0.4 is 0 Å². The maximum Gasteiger partial charge on any atom is 0.389 e. The van der Waals surface area contributed by atoms with Crippen LogP contribution in [0, 0.1) is 0 Å². The highest BCUT2D eigenvalue weighted by atomic mass is 19.4. The second-order valence-corrected chi connectivity index (χ2v) is 4.15. The monoisotopic (exact) mass is 236 g/mol. The molecule has 0 spiro atoms. The van der Waals surface area contributed by atoms with E-state index < -0.39 is 18.2 Å². The first-order valence-corrected chi connectivity index (χ1v) is 4.99. The Morgan fingerprint density at radius 2 is 2.00 bits per heavy atom. The van der Waals surface area contributed by atoms with E-state index in [0.29, 0.717) is 5.56 Å². The lowest BCUT2D eigenvalue weighted by molar-refractivity contribution is -0.137. The van der Waals surface area contributed by atoms with E-state index in [4.69, 9.17) is 0 Å². The van der Waals surface area contributed by atoms with E-state index >= 15 is 0 Å². The highest BCUT2D eigenvalue weighted by Crippen LogP contribution is 2.29. The topological polar surface area (TPSA) is 38.0 Å². The molecule has 0 bridgehead atoms. The molecule has 0 radical (unpaired) electrons. The Kier molecular flexibility index (Phi) is 3.62. The lowest BCUT2D eigenvalue weighted by Gasteiger charge is -2.21. The summed E-state index contributed by atoms with van der Waals surface area (Å²) in [5, 5.41) is 13.8. The first-order chi connectivity index (χ1) is 7.21. The molecule has 0 aliphatic heterocycles. The number of hydrogen-bond acceptors (Lipinski definition) is 2. The Bertz CT molecular complexity index is 344. The maximum atomic E-state index is 11.9. The summed E-state index contributed by atoms with van der Waals surface area (Å²) in [7, 11) is 1.69. The molecule has 1 N–H and O–H groups in total. The zero-order valence-corrected chi connectivity index (χ0v) is 9.25. The number of hydrogen-bond donors (Lipinski definition) is 1. The molecule has 0 aliphatic carbocycles. The smallest absolute Gasteiger partial charge is 0.385 e. The van der Waals surface area contributed by atoms with Crippen molar-refractivity contribution >= 4 is 0 Å². The van der Waals surface area contributed by atoms with Crippen molar-refractivity contribution in [3.63, 3.8) is 0 Å². The van der Waals surface area contributed by atoms with E-state index in [-0.39, 0.29) is 12.8 Å². The Morgan fingerprint density at radius 3 is 2.44 bits per heavy atom. The van der Waals surface area contributed by atoms with Gasteiger partial charge in [0.15, 0.2) is 0 Å². The van der Waals surface area contributed by atoms with Crippen LogP contribution in [0.3, 0.4) is 0 Å². The average molecular weight is 236 g/mol. The summed E-state index contributed by atoms with van der Waals surface area (Å²) in [5.41, 5.74) is -0.711. The number of rotatable bonds is 4. The molecule has 1 unspecified atom stereocenters. The summed E-state index contributed by atoms with van der Waals surface area (Å²) < 4.78 is 37.3. The van der Waals surface area contributed by atoms with Gasteiger partial charge in [-0.3, -0.25) is 4.68 Å². The molecule has 3 nitrogen and oxygen atoms in total. The molecule has 92 valence electrons. The largest absolute Gasteiger partial charge is 0.389 e. The molecule has 0 saturated heterocycles. The van der Waals surface area contributed by atoms with Gasteiger partial charge in [0.2, 0.25) is 0 Å². The average Bonchev–Trinajstić information content (AvgIpc) is 2.49. The summed E-state index contributed by atoms with van der Waals surface area (Å²) in [6, 6.07) is 0. The minimum absolute atomic E-state index is 0.0677. The Hall–Kier alpha value is -1.04. The van der Waals surface area contributed by atoms with Gasteiger partial charge in [-0.1, -0.05) is 0 Å². The molecule has 0 aromatic carbocycles. The van der Waals surface area contributed by atoms with Crippen LogP contribution in [0.15, 0.2) is 12.4 Å². The van der Waals surface area contributed by atoms with E-state index in [2.05, 4.69) is 5.10 Å². The van der Waals surface area contributed by atoms with Crippen molar-refractivity contribution < 1.29 is 18.3 Å². The molecule has 0 saturated carbocycles. The number of nitrogens with zero attached hydrogens (tertiary/aromatic N) is 2. The SMILES string of the molecule is Cn1cc(C(C)(O)CCCC(F)(F)F)cn1. The fraction of sp³-hybridized carbons (Fsp3) is 0.700. The van der Waals surface area contributed by atoms with Crippen LogP contribution in [-0.4, -0.2) is 21.1 Å². The zero-order valence-electron chi connectivity index (χ0n) is 9.25. The van der Waals surface area contributed by atoms with Crippen molar-refractivity contribution in [3.05, 3.63) is 18.0 Å². The predicted octanol–water partition coefficient (Wildman–Crippen LogP) is 2.36. The molecule has 1 aromatic rings. The van der Waals surface area contributed by atoms with E-state index in [1.807, 2.05) is 0 Å². The summed E-state index contributed by atoms with van der Waals surface area (Å²) in [4.78, 5) is 0. The van der Waals surface area contributed by atoms with Crippen LogP contribution in [0.1, 0.15) is 31.7 Å². The number of halogens is 3. The van der Waals surface area contributed by atoms with Crippen molar-refractivity contribution in [2.45, 2.75) is 38.0 Å². The van der Waals surface area contributed by atoms with Gasteiger partial charge in [-0.2, -0.15) is 18.3 Å². The summed E-state index contributed by atoms with van der Waals surface area (Å²) in [6.45, 7) is 1.50. The van der Waals surface area contributed by atoms with Crippen LogP contribution in [0.5, 0.6) is 0 Å². The van der Waals surface area contributed by atoms with Gasteiger partial charge >= 0.3 is 6.18 Å². The second kappa shape index (κ2) is 4.45. The lowest BCUT2D eigenvalue weighted by Crippen LogP contribution is -2.21. The van der Waals surface area contributed by atoms with Gasteiger partial charge < -0.3 is 5.11 Å². The van der Waals surface area contributed by atoms with Gasteiger partial charge in [0, 0.05) is 25.2 Å². The van der Waals surface area contributed by atoms with E-state index in [0.717, 1.165) is 0 Å². The fourth-order valence-corrected chi connectivity index (χ4v) is 1.48. The number of aromatic nitrogens is 2. The van der Waals surface area contributed by atoms with E-state index in [9.17, 15) is 18.3 Å². The Morgan fingerprint density at radius 1 is 1.38 bits per heavy atom. The Balaban J connectivity index is 2.52. The molecule has 1 heterocycles. The molecule has 1 aromatic heterocycles. The van der Waals surface area contributed by atoms with Crippen LogP contribution in [-0.2, 0) is 12.6 Å². The van der Waals surface area contributed by atoms with Crippen molar-refractivity contribution in [1.29, 1.82) is 0 Å². The highest BCUT2D eigenvalue weighted by Gasteiger charge is 2.30. The molecule has 1 rings (SSSR count). The highest BCUT2D eigenvalue weighted by molar-refractivity contribution is 5.13. The normalized spacial score (nSPS) is 16.1. The minimum atomic E-state index is -4.16. The first-order valence-electron chi connectivity index (χ1n) is 4.99. The molecule has 0 aliphatic rings. The zero-order chi connectivity index (χ0) is 12.4. The summed E-state index contributed by atoms with van der Waals surface area (Å²) in [5.74, 6) is 0. The summed E-state index contributed by atoms with van der Waals surface area (Å²) >= 11 is 0. The molecule has 0 amide bonds. The van der Waals surface area contributed by atoms with Gasteiger partial charge in [-0.05, 0) is 19.8 Å². The summed E-state index contributed by atoms with van der Waals surface area (Å²) in [6.07, 6.45) is -1.99. The molecular formula is C10H15F3N2O.